The molecule has 0 bridgehead atoms. The molecule has 6 heteroatoms. The number of hydrogen-bond acceptors (Lipinski definition) is 4. The number of amides is 1. The second-order valence-corrected chi connectivity index (χ2v) is 5.52. The average Bonchev–Trinajstić information content (AvgIpc) is 3.00. The molecule has 0 fully saturated rings. The normalized spacial score (nSPS) is 10.7. The molecule has 0 aliphatic heterocycles. The first kappa shape index (κ1) is 16.9. The minimum atomic E-state index is -0.0470. The van der Waals surface area contributed by atoms with E-state index in [9.17, 15) is 4.79 Å². The quantitative estimate of drug-likeness (QED) is 0.852. The zero-order valence-electron chi connectivity index (χ0n) is 14.0. The van der Waals surface area contributed by atoms with E-state index in [2.05, 4.69) is 10.4 Å². The summed E-state index contributed by atoms with van der Waals surface area (Å²) in [7, 11) is 3.22. The Morgan fingerprint density at radius 3 is 2.43 bits per heavy atom. The lowest BCUT2D eigenvalue weighted by molar-refractivity contribution is -0.116. The summed E-state index contributed by atoms with van der Waals surface area (Å²) in [5.74, 6) is 2.11. The maximum atomic E-state index is 12.2. The van der Waals surface area contributed by atoms with Crippen LogP contribution in [0.5, 0.6) is 11.5 Å². The van der Waals surface area contributed by atoms with Crippen molar-refractivity contribution < 1.29 is 14.3 Å². The van der Waals surface area contributed by atoms with E-state index in [4.69, 9.17) is 9.47 Å². The van der Waals surface area contributed by atoms with Gasteiger partial charge in [0, 0.05) is 24.6 Å². The van der Waals surface area contributed by atoms with Crippen molar-refractivity contribution in [3.8, 4) is 11.5 Å². The number of methoxy groups -OCH3 is 2. The lowest BCUT2D eigenvalue weighted by atomic mass is 10.1. The van der Waals surface area contributed by atoms with Crippen molar-refractivity contribution in [2.24, 2.45) is 0 Å². The van der Waals surface area contributed by atoms with Crippen molar-refractivity contribution in [1.29, 1.82) is 0 Å². The van der Waals surface area contributed by atoms with Crippen LogP contribution < -0.4 is 14.8 Å². The number of aromatic nitrogens is 2. The molecule has 0 aliphatic carbocycles. The number of hydrogen-bond donors (Lipinski definition) is 1. The molecule has 0 radical (unpaired) electrons. The molecule has 1 heterocycles. The Hall–Kier alpha value is -2.50. The van der Waals surface area contributed by atoms with E-state index in [0.29, 0.717) is 18.7 Å². The van der Waals surface area contributed by atoms with Crippen LogP contribution in [0.3, 0.4) is 0 Å². The Bertz CT molecular complexity index is 643. The molecular formula is C17H23N3O3. The molecule has 23 heavy (non-hydrogen) atoms. The van der Waals surface area contributed by atoms with Gasteiger partial charge in [0.15, 0.2) is 0 Å². The molecule has 0 aliphatic rings. The smallest absolute Gasteiger partial charge is 0.225 e. The molecule has 0 atom stereocenters. The van der Waals surface area contributed by atoms with E-state index in [0.717, 1.165) is 17.1 Å². The van der Waals surface area contributed by atoms with Gasteiger partial charge >= 0.3 is 0 Å². The van der Waals surface area contributed by atoms with E-state index >= 15 is 0 Å². The number of benzene rings is 1. The monoisotopic (exact) mass is 317 g/mol. The van der Waals surface area contributed by atoms with E-state index in [1.165, 1.54) is 0 Å². The summed E-state index contributed by atoms with van der Waals surface area (Å²) in [4.78, 5) is 12.2. The van der Waals surface area contributed by atoms with E-state index in [-0.39, 0.29) is 11.9 Å². The molecule has 1 aromatic carbocycles. The third-order valence-electron chi connectivity index (χ3n) is 3.48. The zero-order chi connectivity index (χ0) is 16.8. The average molecular weight is 317 g/mol. The van der Waals surface area contributed by atoms with Gasteiger partial charge in [0.1, 0.15) is 17.3 Å². The van der Waals surface area contributed by atoms with Gasteiger partial charge in [0.2, 0.25) is 5.91 Å². The number of carbonyl (C=O) groups is 1. The first-order valence-corrected chi connectivity index (χ1v) is 7.58. The molecule has 124 valence electrons. The zero-order valence-corrected chi connectivity index (χ0v) is 14.0. The highest BCUT2D eigenvalue weighted by atomic mass is 16.5. The highest BCUT2D eigenvalue weighted by Gasteiger charge is 2.10. The first-order valence-electron chi connectivity index (χ1n) is 7.58. The Morgan fingerprint density at radius 2 is 1.87 bits per heavy atom. The highest BCUT2D eigenvalue weighted by molar-refractivity contribution is 5.90. The summed E-state index contributed by atoms with van der Waals surface area (Å²) in [5, 5.41) is 7.10. The van der Waals surface area contributed by atoms with Gasteiger partial charge in [-0.15, -0.1) is 0 Å². The number of carbonyl (C=O) groups excluding carboxylic acids is 1. The van der Waals surface area contributed by atoms with Gasteiger partial charge in [0.25, 0.3) is 0 Å². The topological polar surface area (TPSA) is 65.4 Å². The molecule has 0 unspecified atom stereocenters. The van der Waals surface area contributed by atoms with Crippen LogP contribution in [0.15, 0.2) is 30.5 Å². The minimum absolute atomic E-state index is 0.0470. The molecule has 0 spiro atoms. The summed E-state index contributed by atoms with van der Waals surface area (Å²) < 4.78 is 12.3. The number of nitrogens with one attached hydrogen (secondary N) is 1. The largest absolute Gasteiger partial charge is 0.497 e. The number of ether oxygens (including phenoxy) is 2. The standard InChI is InChI=1S/C17H23N3O3/c1-12(2)20-16(7-8-18-20)19-17(21)6-5-13-9-14(22-3)11-15(10-13)23-4/h7-12H,5-6H2,1-4H3,(H,19,21). The lowest BCUT2D eigenvalue weighted by Crippen LogP contribution is -2.17. The minimum Gasteiger partial charge on any atom is -0.497 e. The van der Waals surface area contributed by atoms with Gasteiger partial charge in [-0.05, 0) is 38.0 Å². The number of nitrogens with zero attached hydrogens (tertiary/aromatic N) is 2. The molecule has 0 saturated carbocycles. The fourth-order valence-electron chi connectivity index (χ4n) is 2.30. The predicted octanol–water partition coefficient (Wildman–Crippen LogP) is 3.05. The molecule has 0 saturated heterocycles. The third kappa shape index (κ3) is 4.48. The first-order chi connectivity index (χ1) is 11.0. The highest BCUT2D eigenvalue weighted by Crippen LogP contribution is 2.23. The van der Waals surface area contributed by atoms with Crippen LogP contribution in [-0.4, -0.2) is 29.9 Å². The fourth-order valence-corrected chi connectivity index (χ4v) is 2.30. The Labute approximate surface area is 136 Å². The van der Waals surface area contributed by atoms with Crippen LogP contribution in [0.2, 0.25) is 0 Å². The Balaban J connectivity index is 1.98. The summed E-state index contributed by atoms with van der Waals surface area (Å²) in [6.45, 7) is 4.04. The van der Waals surface area contributed by atoms with Gasteiger partial charge < -0.3 is 14.8 Å². The van der Waals surface area contributed by atoms with Crippen LogP contribution >= 0.6 is 0 Å². The van der Waals surface area contributed by atoms with Crippen LogP contribution in [0.1, 0.15) is 31.9 Å². The third-order valence-corrected chi connectivity index (χ3v) is 3.48. The molecular weight excluding hydrogens is 294 g/mol. The van der Waals surface area contributed by atoms with Crippen molar-refractivity contribution in [1.82, 2.24) is 9.78 Å². The summed E-state index contributed by atoms with van der Waals surface area (Å²) in [5.41, 5.74) is 0.994. The number of aryl methyl sites for hydroxylation is 1. The number of anilines is 1. The Morgan fingerprint density at radius 1 is 1.22 bits per heavy atom. The summed E-state index contributed by atoms with van der Waals surface area (Å²) in [6, 6.07) is 7.63. The van der Waals surface area contributed by atoms with Crippen LogP contribution in [-0.2, 0) is 11.2 Å². The van der Waals surface area contributed by atoms with Gasteiger partial charge in [0.05, 0.1) is 20.4 Å². The maximum Gasteiger partial charge on any atom is 0.225 e. The van der Waals surface area contributed by atoms with Gasteiger partial charge in [-0.2, -0.15) is 5.10 Å². The van der Waals surface area contributed by atoms with Crippen LogP contribution in [0.4, 0.5) is 5.82 Å². The molecule has 2 rings (SSSR count). The molecule has 1 aromatic heterocycles. The summed E-state index contributed by atoms with van der Waals surface area (Å²) >= 11 is 0. The van der Waals surface area contributed by atoms with Gasteiger partial charge in [-0.3, -0.25) is 4.79 Å². The second-order valence-electron chi connectivity index (χ2n) is 5.52. The Kier molecular flexibility index (Phi) is 5.62. The molecule has 1 N–H and O–H groups in total. The van der Waals surface area contributed by atoms with Gasteiger partial charge in [-0.1, -0.05) is 0 Å². The number of rotatable bonds is 7. The SMILES string of the molecule is COc1cc(CCC(=O)Nc2ccnn2C(C)C)cc(OC)c1. The van der Waals surface area contributed by atoms with E-state index in [1.54, 1.807) is 31.2 Å². The second kappa shape index (κ2) is 7.67. The van der Waals surface area contributed by atoms with Crippen molar-refractivity contribution in [2.75, 3.05) is 19.5 Å². The van der Waals surface area contributed by atoms with Crippen LogP contribution in [0, 0.1) is 0 Å². The van der Waals surface area contributed by atoms with Gasteiger partial charge in [-0.25, -0.2) is 4.68 Å². The van der Waals surface area contributed by atoms with E-state index < -0.39 is 0 Å². The molecule has 1 amide bonds. The molecule has 2 aromatic rings. The fraction of sp³-hybridized carbons (Fsp3) is 0.412. The van der Waals surface area contributed by atoms with Crippen molar-refractivity contribution in [2.45, 2.75) is 32.7 Å². The van der Waals surface area contributed by atoms with E-state index in [1.807, 2.05) is 32.0 Å². The molecule has 6 nitrogen and oxygen atoms in total. The maximum absolute atomic E-state index is 12.2. The van der Waals surface area contributed by atoms with Crippen molar-refractivity contribution >= 4 is 11.7 Å². The predicted molar refractivity (Wildman–Crippen MR) is 89.1 cm³/mol. The summed E-state index contributed by atoms with van der Waals surface area (Å²) in [6.07, 6.45) is 2.66. The van der Waals surface area contributed by atoms with Crippen LogP contribution in [0.25, 0.3) is 0 Å². The lowest BCUT2D eigenvalue weighted by Gasteiger charge is -2.12. The van der Waals surface area contributed by atoms with Crippen molar-refractivity contribution in [3.63, 3.8) is 0 Å². The van der Waals surface area contributed by atoms with Crippen molar-refractivity contribution in [3.05, 3.63) is 36.0 Å².